The Hall–Kier alpha value is -3.88. The van der Waals surface area contributed by atoms with E-state index in [0.29, 0.717) is 17.2 Å². The van der Waals surface area contributed by atoms with Crippen LogP contribution in [0.2, 0.25) is 0 Å². The second kappa shape index (κ2) is 7.63. The first-order chi connectivity index (χ1) is 14.0. The van der Waals surface area contributed by atoms with Crippen LogP contribution in [-0.2, 0) is 7.05 Å². The summed E-state index contributed by atoms with van der Waals surface area (Å²) in [5.41, 5.74) is 2.77. The maximum atomic E-state index is 13.8. The smallest absolute Gasteiger partial charge is 0.260 e. The second-order valence-electron chi connectivity index (χ2n) is 6.53. The summed E-state index contributed by atoms with van der Waals surface area (Å²) in [6.07, 6.45) is 5.81. The average molecular weight is 391 g/mol. The largest absolute Gasteiger partial charge is 0.362 e. The van der Waals surface area contributed by atoms with Crippen molar-refractivity contribution in [2.45, 2.75) is 13.0 Å². The van der Waals surface area contributed by atoms with E-state index in [9.17, 15) is 9.18 Å². The van der Waals surface area contributed by atoms with Gasteiger partial charge in [-0.3, -0.25) is 9.78 Å². The van der Waals surface area contributed by atoms with Crippen LogP contribution in [0, 0.1) is 5.82 Å². The van der Waals surface area contributed by atoms with Crippen LogP contribution in [0.25, 0.3) is 11.2 Å². The van der Waals surface area contributed by atoms with Gasteiger partial charge in [0.15, 0.2) is 5.65 Å². The normalized spacial score (nSPS) is 12.0. The molecule has 0 bridgehead atoms. The van der Waals surface area contributed by atoms with Crippen molar-refractivity contribution in [2.75, 3.05) is 10.6 Å². The number of aryl methyl sites for hydroxylation is 1. The van der Waals surface area contributed by atoms with Gasteiger partial charge >= 0.3 is 0 Å². The first-order valence-corrected chi connectivity index (χ1v) is 8.93. The number of nitrogens with one attached hydrogen (secondary N) is 2. The molecule has 2 N–H and O–H groups in total. The van der Waals surface area contributed by atoms with Crippen LogP contribution in [0.15, 0.2) is 55.1 Å². The van der Waals surface area contributed by atoms with E-state index in [1.54, 1.807) is 23.1 Å². The zero-order chi connectivity index (χ0) is 20.4. The molecule has 0 saturated carbocycles. The summed E-state index contributed by atoms with van der Waals surface area (Å²) in [6.45, 7) is 1.97. The molecular weight excluding hydrogens is 373 g/mol. The van der Waals surface area contributed by atoms with Crippen LogP contribution in [0.1, 0.15) is 28.9 Å². The molecule has 4 rings (SSSR count). The average Bonchev–Trinajstić information content (AvgIpc) is 3.09. The maximum absolute atomic E-state index is 13.8. The summed E-state index contributed by atoms with van der Waals surface area (Å²) in [5.74, 6) is -0.561. The molecule has 0 fully saturated rings. The second-order valence-corrected chi connectivity index (χ2v) is 6.53. The quantitative estimate of drug-likeness (QED) is 0.542. The third-order valence-electron chi connectivity index (χ3n) is 4.46. The third-order valence-corrected chi connectivity index (χ3v) is 4.46. The fraction of sp³-hybridized carbons (Fsp3) is 0.150. The van der Waals surface area contributed by atoms with Gasteiger partial charge in [0.1, 0.15) is 17.2 Å². The number of halogens is 1. The van der Waals surface area contributed by atoms with E-state index < -0.39 is 11.7 Å². The summed E-state index contributed by atoms with van der Waals surface area (Å²) >= 11 is 0. The lowest BCUT2D eigenvalue weighted by Gasteiger charge is -2.16. The Morgan fingerprint density at radius 2 is 2.07 bits per heavy atom. The minimum Gasteiger partial charge on any atom is -0.362 e. The Morgan fingerprint density at radius 3 is 2.90 bits per heavy atom. The van der Waals surface area contributed by atoms with Gasteiger partial charge in [-0.15, -0.1) is 0 Å². The van der Waals surface area contributed by atoms with Crippen LogP contribution >= 0.6 is 0 Å². The third kappa shape index (κ3) is 3.88. The molecule has 1 amide bonds. The van der Waals surface area contributed by atoms with Gasteiger partial charge in [-0.1, -0.05) is 12.1 Å². The van der Waals surface area contributed by atoms with Gasteiger partial charge in [-0.2, -0.15) is 5.10 Å². The van der Waals surface area contributed by atoms with E-state index >= 15 is 0 Å². The summed E-state index contributed by atoms with van der Waals surface area (Å²) in [4.78, 5) is 25.0. The Balaban J connectivity index is 1.50. The van der Waals surface area contributed by atoms with E-state index in [4.69, 9.17) is 0 Å². The van der Waals surface area contributed by atoms with Crippen molar-refractivity contribution in [2.24, 2.45) is 7.05 Å². The Bertz CT molecular complexity index is 1190. The van der Waals surface area contributed by atoms with Crippen molar-refractivity contribution in [1.29, 1.82) is 0 Å². The van der Waals surface area contributed by atoms with Gasteiger partial charge in [-0.25, -0.2) is 19.0 Å². The standard InChI is InChI=1S/C20H18FN7O/c1-12(25-18-11-23-17-10-24-28(2)19(17)27-18)13-4-3-5-14(8-13)26-20(29)15-9-22-7-6-16(15)21/h3-12H,1-2H3,(H,25,27)(H,26,29)/t12-/m0/s1. The van der Waals surface area contributed by atoms with Crippen molar-refractivity contribution in [3.05, 3.63) is 72.1 Å². The molecule has 0 aliphatic carbocycles. The summed E-state index contributed by atoms with van der Waals surface area (Å²) in [6, 6.07) is 8.34. The highest BCUT2D eigenvalue weighted by molar-refractivity contribution is 6.04. The molecule has 0 aliphatic rings. The molecule has 0 aliphatic heterocycles. The highest BCUT2D eigenvalue weighted by atomic mass is 19.1. The fourth-order valence-electron chi connectivity index (χ4n) is 2.92. The van der Waals surface area contributed by atoms with E-state index in [2.05, 4.69) is 30.7 Å². The predicted molar refractivity (Wildman–Crippen MR) is 107 cm³/mol. The van der Waals surface area contributed by atoms with Gasteiger partial charge in [-0.05, 0) is 30.7 Å². The zero-order valence-electron chi connectivity index (χ0n) is 15.8. The van der Waals surface area contributed by atoms with Crippen LogP contribution in [-0.4, -0.2) is 30.6 Å². The molecule has 146 valence electrons. The number of fused-ring (bicyclic) bond motifs is 1. The molecule has 4 aromatic rings. The van der Waals surface area contributed by atoms with Gasteiger partial charge in [0.25, 0.3) is 5.91 Å². The molecule has 0 unspecified atom stereocenters. The first kappa shape index (κ1) is 18.5. The van der Waals surface area contributed by atoms with Gasteiger partial charge in [0.2, 0.25) is 0 Å². The zero-order valence-corrected chi connectivity index (χ0v) is 15.8. The minimum atomic E-state index is -0.618. The van der Waals surface area contributed by atoms with Gasteiger partial charge < -0.3 is 10.6 Å². The molecule has 1 aromatic carbocycles. The highest BCUT2D eigenvalue weighted by Crippen LogP contribution is 2.22. The number of carbonyl (C=O) groups excluding carboxylic acids is 1. The molecular formula is C20H18FN7O. The van der Waals surface area contributed by atoms with Crippen molar-refractivity contribution in [3.63, 3.8) is 0 Å². The molecule has 8 nitrogen and oxygen atoms in total. The van der Waals surface area contributed by atoms with Crippen LogP contribution in [0.5, 0.6) is 0 Å². The molecule has 0 radical (unpaired) electrons. The molecule has 3 aromatic heterocycles. The number of benzene rings is 1. The summed E-state index contributed by atoms with van der Waals surface area (Å²) in [5, 5.41) is 10.1. The topological polar surface area (TPSA) is 97.6 Å². The lowest BCUT2D eigenvalue weighted by molar-refractivity contribution is 0.102. The number of pyridine rings is 1. The number of hydrogen-bond donors (Lipinski definition) is 2. The SMILES string of the molecule is C[C@H](Nc1cnc2cnn(C)c2n1)c1cccc(NC(=O)c2cnccc2F)c1. The van der Waals surface area contributed by atoms with Crippen LogP contribution in [0.3, 0.4) is 0 Å². The Morgan fingerprint density at radius 1 is 1.21 bits per heavy atom. The lowest BCUT2D eigenvalue weighted by Crippen LogP contribution is -2.15. The first-order valence-electron chi connectivity index (χ1n) is 8.93. The van der Waals surface area contributed by atoms with Crippen molar-refractivity contribution in [1.82, 2.24) is 24.7 Å². The maximum Gasteiger partial charge on any atom is 0.260 e. The molecule has 29 heavy (non-hydrogen) atoms. The number of anilines is 2. The molecule has 0 spiro atoms. The van der Waals surface area contributed by atoms with Crippen LogP contribution in [0.4, 0.5) is 15.9 Å². The van der Waals surface area contributed by atoms with E-state index in [1.807, 2.05) is 32.2 Å². The lowest BCUT2D eigenvalue weighted by atomic mass is 10.1. The van der Waals surface area contributed by atoms with E-state index in [-0.39, 0.29) is 11.6 Å². The predicted octanol–water partition coefficient (Wildman–Crippen LogP) is 3.32. The number of amides is 1. The number of aromatic nitrogens is 5. The van der Waals surface area contributed by atoms with Crippen molar-refractivity contribution in [3.8, 4) is 0 Å². The Labute approximate surface area is 165 Å². The monoisotopic (exact) mass is 391 g/mol. The number of carbonyl (C=O) groups is 1. The molecule has 1 atom stereocenters. The van der Waals surface area contributed by atoms with Crippen molar-refractivity contribution < 1.29 is 9.18 Å². The minimum absolute atomic E-state index is 0.108. The number of nitrogens with zero attached hydrogens (tertiary/aromatic N) is 5. The van der Waals surface area contributed by atoms with E-state index in [1.165, 1.54) is 12.4 Å². The van der Waals surface area contributed by atoms with Crippen LogP contribution < -0.4 is 10.6 Å². The summed E-state index contributed by atoms with van der Waals surface area (Å²) < 4.78 is 15.4. The van der Waals surface area contributed by atoms with Gasteiger partial charge in [0.05, 0.1) is 24.0 Å². The van der Waals surface area contributed by atoms with Gasteiger partial charge in [0, 0.05) is 25.1 Å². The number of hydrogen-bond acceptors (Lipinski definition) is 6. The molecule has 9 heteroatoms. The highest BCUT2D eigenvalue weighted by Gasteiger charge is 2.13. The summed E-state index contributed by atoms with van der Waals surface area (Å²) in [7, 11) is 1.81. The number of rotatable bonds is 5. The molecule has 3 heterocycles. The Kier molecular flexibility index (Phi) is 4.86. The molecule has 0 saturated heterocycles. The van der Waals surface area contributed by atoms with E-state index in [0.717, 1.165) is 17.1 Å². The van der Waals surface area contributed by atoms with Crippen molar-refractivity contribution >= 4 is 28.6 Å². The fourth-order valence-corrected chi connectivity index (χ4v) is 2.92.